The van der Waals surface area contributed by atoms with Gasteiger partial charge in [-0.2, -0.15) is 4.98 Å². The molecule has 0 bridgehead atoms. The van der Waals surface area contributed by atoms with Gasteiger partial charge < -0.3 is 9.47 Å². The lowest BCUT2D eigenvalue weighted by atomic mass is 10.1. The van der Waals surface area contributed by atoms with E-state index in [-0.39, 0.29) is 11.8 Å². The molecule has 2 aromatic rings. The molecule has 0 aliphatic heterocycles. The Morgan fingerprint density at radius 2 is 1.75 bits per heavy atom. The van der Waals surface area contributed by atoms with E-state index < -0.39 is 17.8 Å². The first kappa shape index (κ1) is 16.9. The third-order valence-corrected chi connectivity index (χ3v) is 2.86. The van der Waals surface area contributed by atoms with Gasteiger partial charge in [-0.05, 0) is 23.8 Å². The number of aromatic nitrogens is 3. The predicted molar refractivity (Wildman–Crippen MR) is 83.2 cm³/mol. The van der Waals surface area contributed by atoms with Crippen LogP contribution in [0.1, 0.15) is 26.5 Å². The Labute approximate surface area is 136 Å². The first-order valence-electron chi connectivity index (χ1n) is 6.71. The van der Waals surface area contributed by atoms with Crippen LogP contribution in [0.5, 0.6) is 0 Å². The summed E-state index contributed by atoms with van der Waals surface area (Å²) in [5.41, 5.74) is 1.12. The normalized spacial score (nSPS) is 10.4. The second-order valence-corrected chi connectivity index (χ2v) is 4.44. The number of anilines is 1. The second kappa shape index (κ2) is 7.68. The van der Waals surface area contributed by atoms with Crippen LogP contribution in [0.3, 0.4) is 0 Å². The van der Waals surface area contributed by atoms with E-state index in [2.05, 4.69) is 30.0 Å². The average molecular weight is 330 g/mol. The van der Waals surface area contributed by atoms with Crippen molar-refractivity contribution in [2.24, 2.45) is 0 Å². The number of hydrogen-bond acceptors (Lipinski definition) is 7. The molecule has 0 saturated heterocycles. The number of rotatable bonds is 5. The first-order chi connectivity index (χ1) is 11.5. The van der Waals surface area contributed by atoms with Crippen molar-refractivity contribution in [1.82, 2.24) is 15.2 Å². The van der Waals surface area contributed by atoms with E-state index in [9.17, 15) is 14.4 Å². The number of amides is 1. The maximum Gasteiger partial charge on any atom is 0.375 e. The van der Waals surface area contributed by atoms with E-state index in [0.29, 0.717) is 11.1 Å². The third-order valence-electron chi connectivity index (χ3n) is 2.86. The monoisotopic (exact) mass is 330 g/mol. The summed E-state index contributed by atoms with van der Waals surface area (Å²) in [6.45, 7) is 0. The topological polar surface area (TPSA) is 123 Å². The Balaban J connectivity index is 1.96. The molecule has 1 amide bonds. The number of methoxy groups -OCH3 is 2. The maximum absolute atomic E-state index is 11.8. The number of H-pyrrole nitrogens is 1. The maximum atomic E-state index is 11.8. The van der Waals surface area contributed by atoms with Crippen LogP contribution in [0.2, 0.25) is 0 Å². The van der Waals surface area contributed by atoms with Crippen molar-refractivity contribution >= 4 is 29.9 Å². The van der Waals surface area contributed by atoms with Crippen LogP contribution < -0.4 is 5.32 Å². The molecule has 24 heavy (non-hydrogen) atoms. The summed E-state index contributed by atoms with van der Waals surface area (Å²) in [6.07, 6.45) is 2.81. The van der Waals surface area contributed by atoms with Gasteiger partial charge in [0.2, 0.25) is 11.8 Å². The third kappa shape index (κ3) is 4.26. The minimum Gasteiger partial charge on any atom is -0.465 e. The number of ether oxygens (including phenoxy) is 2. The van der Waals surface area contributed by atoms with Crippen molar-refractivity contribution in [2.45, 2.75) is 0 Å². The number of benzene rings is 1. The molecule has 0 radical (unpaired) electrons. The molecule has 1 heterocycles. The quantitative estimate of drug-likeness (QED) is 0.620. The van der Waals surface area contributed by atoms with E-state index in [0.717, 1.165) is 0 Å². The number of nitrogens with zero attached hydrogens (tertiary/aromatic N) is 2. The van der Waals surface area contributed by atoms with E-state index in [1.54, 1.807) is 30.3 Å². The molecule has 9 heteroatoms. The van der Waals surface area contributed by atoms with Crippen molar-refractivity contribution in [2.75, 3.05) is 19.5 Å². The van der Waals surface area contributed by atoms with Crippen molar-refractivity contribution in [3.63, 3.8) is 0 Å². The molecule has 0 aliphatic carbocycles. The molecule has 1 aromatic heterocycles. The van der Waals surface area contributed by atoms with Crippen molar-refractivity contribution in [3.05, 3.63) is 47.3 Å². The highest BCUT2D eigenvalue weighted by Gasteiger charge is 2.12. The molecule has 0 atom stereocenters. The summed E-state index contributed by atoms with van der Waals surface area (Å²) in [5, 5.41) is 8.40. The highest BCUT2D eigenvalue weighted by atomic mass is 16.5. The molecule has 124 valence electrons. The lowest BCUT2D eigenvalue weighted by Crippen LogP contribution is -2.09. The lowest BCUT2D eigenvalue weighted by Gasteiger charge is -1.99. The second-order valence-electron chi connectivity index (χ2n) is 4.44. The Bertz CT molecular complexity index is 779. The summed E-state index contributed by atoms with van der Waals surface area (Å²) in [6, 6.07) is 6.50. The number of aromatic amines is 1. The Morgan fingerprint density at radius 1 is 1.08 bits per heavy atom. The van der Waals surface area contributed by atoms with E-state index >= 15 is 0 Å². The number of esters is 2. The smallest absolute Gasteiger partial charge is 0.375 e. The average Bonchev–Trinajstić information content (AvgIpc) is 3.07. The van der Waals surface area contributed by atoms with Gasteiger partial charge in [0, 0.05) is 6.08 Å². The van der Waals surface area contributed by atoms with Crippen LogP contribution in [0.4, 0.5) is 5.95 Å². The highest BCUT2D eigenvalue weighted by Crippen LogP contribution is 2.08. The van der Waals surface area contributed by atoms with Crippen LogP contribution in [0.15, 0.2) is 30.3 Å². The first-order valence-corrected chi connectivity index (χ1v) is 6.71. The minimum atomic E-state index is -0.691. The van der Waals surface area contributed by atoms with Gasteiger partial charge >= 0.3 is 11.9 Å². The van der Waals surface area contributed by atoms with Gasteiger partial charge in [0.05, 0.1) is 19.8 Å². The Kier molecular flexibility index (Phi) is 5.40. The van der Waals surface area contributed by atoms with Crippen molar-refractivity contribution in [3.8, 4) is 0 Å². The molecule has 2 rings (SSSR count). The predicted octanol–water partition coefficient (Wildman–Crippen LogP) is 1.03. The van der Waals surface area contributed by atoms with Gasteiger partial charge in [-0.1, -0.05) is 12.1 Å². The van der Waals surface area contributed by atoms with E-state index in [4.69, 9.17) is 0 Å². The van der Waals surface area contributed by atoms with Crippen LogP contribution >= 0.6 is 0 Å². The number of hydrogen-bond donors (Lipinski definition) is 2. The van der Waals surface area contributed by atoms with Crippen LogP contribution in [-0.2, 0) is 14.3 Å². The molecular weight excluding hydrogens is 316 g/mol. The molecule has 1 aromatic carbocycles. The number of nitrogens with one attached hydrogen (secondary N) is 2. The molecule has 9 nitrogen and oxygen atoms in total. The minimum absolute atomic E-state index is 0.0499. The fourth-order valence-electron chi connectivity index (χ4n) is 1.68. The van der Waals surface area contributed by atoms with Gasteiger partial charge in [-0.3, -0.25) is 15.2 Å². The van der Waals surface area contributed by atoms with Gasteiger partial charge in [0.15, 0.2) is 0 Å². The summed E-state index contributed by atoms with van der Waals surface area (Å²) < 4.78 is 9.06. The summed E-state index contributed by atoms with van der Waals surface area (Å²) in [4.78, 5) is 38.0. The van der Waals surface area contributed by atoms with E-state index in [1.807, 2.05) is 0 Å². The molecule has 0 saturated carbocycles. The number of carbonyl (C=O) groups excluding carboxylic acids is 3. The van der Waals surface area contributed by atoms with Crippen molar-refractivity contribution < 1.29 is 23.9 Å². The van der Waals surface area contributed by atoms with Crippen LogP contribution in [-0.4, -0.2) is 47.2 Å². The number of carbonyl (C=O) groups is 3. The fourth-order valence-corrected chi connectivity index (χ4v) is 1.68. The molecule has 0 fully saturated rings. The molecule has 0 spiro atoms. The lowest BCUT2D eigenvalue weighted by molar-refractivity contribution is -0.111. The summed E-state index contributed by atoms with van der Waals surface area (Å²) in [7, 11) is 2.51. The SMILES string of the molecule is COC(=O)c1ccc(/C=C\C(=O)Nc2n[nH]c(C(=O)OC)n2)cc1. The zero-order valence-corrected chi connectivity index (χ0v) is 12.9. The largest absolute Gasteiger partial charge is 0.465 e. The molecule has 0 aliphatic rings. The fraction of sp³-hybridized carbons (Fsp3) is 0.133. The van der Waals surface area contributed by atoms with Crippen LogP contribution in [0, 0.1) is 0 Å². The Hall–Kier alpha value is -3.49. The molecular formula is C15H14N4O5. The van der Waals surface area contributed by atoms with Gasteiger partial charge in [0.25, 0.3) is 5.91 Å². The summed E-state index contributed by atoms with van der Waals surface area (Å²) in [5.74, 6) is -1.78. The summed E-state index contributed by atoms with van der Waals surface area (Å²) >= 11 is 0. The van der Waals surface area contributed by atoms with Gasteiger partial charge in [-0.25, -0.2) is 9.59 Å². The zero-order chi connectivity index (χ0) is 17.5. The molecule has 0 unspecified atom stereocenters. The van der Waals surface area contributed by atoms with Crippen molar-refractivity contribution in [1.29, 1.82) is 0 Å². The van der Waals surface area contributed by atoms with Crippen LogP contribution in [0.25, 0.3) is 6.08 Å². The van der Waals surface area contributed by atoms with Gasteiger partial charge in [-0.15, -0.1) is 5.10 Å². The highest BCUT2D eigenvalue weighted by molar-refractivity contribution is 6.01. The standard InChI is InChI=1S/C15H14N4O5/c1-23-13(21)10-6-3-9(4-7-10)5-8-11(20)16-15-17-12(18-19-15)14(22)24-2/h3-8H,1-2H3,(H2,16,17,18,19,20)/b8-5-. The molecule has 2 N–H and O–H groups in total. The zero-order valence-electron chi connectivity index (χ0n) is 12.9. The van der Waals surface area contributed by atoms with E-state index in [1.165, 1.54) is 20.3 Å². The Morgan fingerprint density at radius 3 is 2.38 bits per heavy atom. The van der Waals surface area contributed by atoms with Gasteiger partial charge in [0.1, 0.15) is 0 Å².